The summed E-state index contributed by atoms with van der Waals surface area (Å²) >= 11 is 0. The van der Waals surface area contributed by atoms with Gasteiger partial charge < -0.3 is 0 Å². The van der Waals surface area contributed by atoms with Crippen LogP contribution in [0.1, 0.15) is 47.0 Å². The minimum absolute atomic E-state index is 0.516. The van der Waals surface area contributed by atoms with Crippen molar-refractivity contribution in [3.05, 3.63) is 0 Å². The SMILES string of the molecule is CCC(C)N=CCCC(C)C. The highest BCUT2D eigenvalue weighted by molar-refractivity contribution is 5.57. The van der Waals surface area contributed by atoms with Gasteiger partial charge in [0.15, 0.2) is 0 Å². The molecule has 1 heteroatoms. The molecule has 0 aromatic heterocycles. The van der Waals surface area contributed by atoms with Gasteiger partial charge in [0.05, 0.1) is 0 Å². The van der Waals surface area contributed by atoms with Crippen molar-refractivity contribution in [2.24, 2.45) is 10.9 Å². The maximum atomic E-state index is 4.39. The van der Waals surface area contributed by atoms with Crippen LogP contribution in [0.15, 0.2) is 4.99 Å². The van der Waals surface area contributed by atoms with Crippen LogP contribution in [0, 0.1) is 5.92 Å². The molecule has 0 spiro atoms. The quantitative estimate of drug-likeness (QED) is 0.540. The summed E-state index contributed by atoms with van der Waals surface area (Å²) in [6.07, 6.45) is 5.63. The molecule has 1 nitrogen and oxygen atoms in total. The Bertz CT molecular complexity index is 105. The summed E-state index contributed by atoms with van der Waals surface area (Å²) in [5.41, 5.74) is 0. The molecule has 0 radical (unpaired) electrons. The van der Waals surface area contributed by atoms with Gasteiger partial charge in [-0.05, 0) is 38.3 Å². The molecule has 0 bridgehead atoms. The molecule has 0 N–H and O–H groups in total. The van der Waals surface area contributed by atoms with Gasteiger partial charge >= 0.3 is 0 Å². The molecule has 0 aromatic rings. The van der Waals surface area contributed by atoms with E-state index in [1.54, 1.807) is 0 Å². The molecule has 66 valence electrons. The first kappa shape index (κ1) is 10.7. The zero-order valence-corrected chi connectivity index (χ0v) is 8.30. The van der Waals surface area contributed by atoms with Crippen molar-refractivity contribution in [2.45, 2.75) is 53.0 Å². The van der Waals surface area contributed by atoms with E-state index in [4.69, 9.17) is 0 Å². The number of hydrogen-bond donors (Lipinski definition) is 0. The van der Waals surface area contributed by atoms with Gasteiger partial charge in [0, 0.05) is 6.04 Å². The smallest absolute Gasteiger partial charge is 0.0464 e. The van der Waals surface area contributed by atoms with Crippen LogP contribution >= 0.6 is 0 Å². The van der Waals surface area contributed by atoms with Crippen LogP contribution < -0.4 is 0 Å². The number of aliphatic imine (C=N–C) groups is 1. The Morgan fingerprint density at radius 3 is 2.36 bits per heavy atom. The summed E-state index contributed by atoms with van der Waals surface area (Å²) in [5, 5.41) is 0. The fourth-order valence-electron chi connectivity index (χ4n) is 0.768. The average molecular weight is 155 g/mol. The Morgan fingerprint density at radius 1 is 1.27 bits per heavy atom. The minimum Gasteiger partial charge on any atom is -0.295 e. The largest absolute Gasteiger partial charge is 0.295 e. The molecule has 0 aliphatic rings. The van der Waals surface area contributed by atoms with Gasteiger partial charge in [0.1, 0.15) is 0 Å². The Morgan fingerprint density at radius 2 is 1.91 bits per heavy atom. The topological polar surface area (TPSA) is 12.4 Å². The third-order valence-electron chi connectivity index (χ3n) is 1.82. The number of nitrogens with zero attached hydrogens (tertiary/aromatic N) is 1. The Kier molecular flexibility index (Phi) is 6.19. The fraction of sp³-hybridized carbons (Fsp3) is 0.900. The lowest BCUT2D eigenvalue weighted by atomic mass is 10.1. The second-order valence-electron chi connectivity index (χ2n) is 3.56. The van der Waals surface area contributed by atoms with Crippen molar-refractivity contribution in [1.29, 1.82) is 0 Å². The van der Waals surface area contributed by atoms with E-state index in [9.17, 15) is 0 Å². The van der Waals surface area contributed by atoms with Crippen molar-refractivity contribution in [2.75, 3.05) is 0 Å². The molecule has 0 amide bonds. The van der Waals surface area contributed by atoms with Gasteiger partial charge in [-0.25, -0.2) is 0 Å². The molecule has 0 aliphatic heterocycles. The molecule has 0 heterocycles. The monoisotopic (exact) mass is 155 g/mol. The van der Waals surface area contributed by atoms with Crippen molar-refractivity contribution in [3.8, 4) is 0 Å². The minimum atomic E-state index is 0.516. The zero-order chi connectivity index (χ0) is 8.69. The summed E-state index contributed by atoms with van der Waals surface area (Å²) in [4.78, 5) is 4.39. The van der Waals surface area contributed by atoms with Gasteiger partial charge in [-0.15, -0.1) is 0 Å². The number of hydrogen-bond acceptors (Lipinski definition) is 1. The molecule has 0 aliphatic carbocycles. The normalized spacial score (nSPS) is 14.6. The predicted molar refractivity (Wildman–Crippen MR) is 52.3 cm³/mol. The van der Waals surface area contributed by atoms with Crippen LogP contribution in [0.2, 0.25) is 0 Å². The average Bonchev–Trinajstić information content (AvgIpc) is 1.97. The molecule has 1 unspecified atom stereocenters. The first-order valence-electron chi connectivity index (χ1n) is 4.68. The van der Waals surface area contributed by atoms with Gasteiger partial charge in [-0.3, -0.25) is 4.99 Å². The van der Waals surface area contributed by atoms with Crippen molar-refractivity contribution < 1.29 is 0 Å². The van der Waals surface area contributed by atoms with Crippen LogP contribution in [-0.4, -0.2) is 12.3 Å². The lowest BCUT2D eigenvalue weighted by molar-refractivity contribution is 0.604. The third kappa shape index (κ3) is 7.57. The summed E-state index contributed by atoms with van der Waals surface area (Å²) in [7, 11) is 0. The molecular weight excluding hydrogens is 134 g/mol. The maximum Gasteiger partial charge on any atom is 0.0464 e. The van der Waals surface area contributed by atoms with E-state index in [0.29, 0.717) is 6.04 Å². The third-order valence-corrected chi connectivity index (χ3v) is 1.82. The van der Waals surface area contributed by atoms with Gasteiger partial charge in [-0.2, -0.15) is 0 Å². The molecular formula is C10H21N. The van der Waals surface area contributed by atoms with Crippen LogP contribution in [0.3, 0.4) is 0 Å². The van der Waals surface area contributed by atoms with Gasteiger partial charge in [-0.1, -0.05) is 20.8 Å². The molecule has 0 saturated carbocycles. The maximum absolute atomic E-state index is 4.39. The summed E-state index contributed by atoms with van der Waals surface area (Å²) in [6.45, 7) is 8.82. The van der Waals surface area contributed by atoms with E-state index in [1.165, 1.54) is 6.42 Å². The molecule has 0 saturated heterocycles. The second-order valence-corrected chi connectivity index (χ2v) is 3.56. The number of rotatable bonds is 5. The van der Waals surface area contributed by atoms with Gasteiger partial charge in [0.2, 0.25) is 0 Å². The van der Waals surface area contributed by atoms with Crippen LogP contribution in [0.5, 0.6) is 0 Å². The first-order chi connectivity index (χ1) is 5.16. The van der Waals surface area contributed by atoms with E-state index in [-0.39, 0.29) is 0 Å². The Labute approximate surface area is 70.9 Å². The molecule has 1 atom stereocenters. The van der Waals surface area contributed by atoms with E-state index in [2.05, 4.69) is 38.9 Å². The van der Waals surface area contributed by atoms with Crippen LogP contribution in [0.25, 0.3) is 0 Å². The molecule has 0 fully saturated rings. The van der Waals surface area contributed by atoms with Crippen molar-refractivity contribution >= 4 is 6.21 Å². The summed E-state index contributed by atoms with van der Waals surface area (Å²) in [5.74, 6) is 0.804. The van der Waals surface area contributed by atoms with E-state index in [0.717, 1.165) is 18.8 Å². The van der Waals surface area contributed by atoms with E-state index < -0.39 is 0 Å². The van der Waals surface area contributed by atoms with E-state index >= 15 is 0 Å². The fourth-order valence-corrected chi connectivity index (χ4v) is 0.768. The second kappa shape index (κ2) is 6.38. The molecule has 0 rings (SSSR count). The summed E-state index contributed by atoms with van der Waals surface area (Å²) < 4.78 is 0. The van der Waals surface area contributed by atoms with Crippen molar-refractivity contribution in [1.82, 2.24) is 0 Å². The van der Waals surface area contributed by atoms with Crippen LogP contribution in [0.4, 0.5) is 0 Å². The lowest BCUT2D eigenvalue weighted by Gasteiger charge is -2.01. The van der Waals surface area contributed by atoms with Gasteiger partial charge in [0.25, 0.3) is 0 Å². The zero-order valence-electron chi connectivity index (χ0n) is 8.30. The van der Waals surface area contributed by atoms with Crippen molar-refractivity contribution in [3.63, 3.8) is 0 Å². The Balaban J connectivity index is 3.29. The van der Waals surface area contributed by atoms with E-state index in [1.807, 2.05) is 0 Å². The lowest BCUT2D eigenvalue weighted by Crippen LogP contribution is -1.95. The molecule has 0 aromatic carbocycles. The standard InChI is InChI=1S/C10H21N/c1-5-10(4)11-8-6-7-9(2)3/h8-10H,5-7H2,1-4H3. The summed E-state index contributed by atoms with van der Waals surface area (Å²) in [6, 6.07) is 0.516. The first-order valence-corrected chi connectivity index (χ1v) is 4.68. The highest BCUT2D eigenvalue weighted by atomic mass is 14.7. The molecule has 11 heavy (non-hydrogen) atoms. The Hall–Kier alpha value is -0.330. The highest BCUT2D eigenvalue weighted by Gasteiger charge is 1.92. The highest BCUT2D eigenvalue weighted by Crippen LogP contribution is 2.02. The van der Waals surface area contributed by atoms with Crippen LogP contribution in [-0.2, 0) is 0 Å². The predicted octanol–water partition coefficient (Wildman–Crippen LogP) is 3.29.